The number of aromatic amines is 1. The monoisotopic (exact) mass is 386 g/mol. The van der Waals surface area contributed by atoms with Gasteiger partial charge in [-0.2, -0.15) is 0 Å². The summed E-state index contributed by atoms with van der Waals surface area (Å²) in [5, 5.41) is 5.32. The number of rotatable bonds is 5. The molecule has 0 aliphatic heterocycles. The molecule has 4 nitrogen and oxygen atoms in total. The third-order valence-corrected chi connectivity index (χ3v) is 6.46. The lowest BCUT2D eigenvalue weighted by Crippen LogP contribution is -2.08. The van der Waals surface area contributed by atoms with Gasteiger partial charge in [0, 0.05) is 27.1 Å². The molecule has 4 aromatic rings. The van der Waals surface area contributed by atoms with Gasteiger partial charge in [-0.05, 0) is 17.5 Å². The predicted octanol–water partition coefficient (Wildman–Crippen LogP) is 5.01. The van der Waals surface area contributed by atoms with Crippen molar-refractivity contribution in [3.05, 3.63) is 63.1 Å². The predicted molar refractivity (Wildman–Crippen MR) is 106 cm³/mol. The van der Waals surface area contributed by atoms with Crippen LogP contribution in [0.25, 0.3) is 20.7 Å². The summed E-state index contributed by atoms with van der Waals surface area (Å²) in [4.78, 5) is 22.0. The number of hydrogen-bond donors (Lipinski definition) is 1. The Kier molecular flexibility index (Phi) is 4.61. The van der Waals surface area contributed by atoms with E-state index in [-0.39, 0.29) is 5.56 Å². The number of H-pyrrole nitrogens is 1. The highest BCUT2D eigenvalue weighted by molar-refractivity contribution is 7.98. The van der Waals surface area contributed by atoms with Crippen molar-refractivity contribution in [1.82, 2.24) is 9.97 Å². The number of nitrogens with zero attached hydrogens (tertiary/aromatic N) is 1. The van der Waals surface area contributed by atoms with E-state index in [4.69, 9.17) is 4.74 Å². The van der Waals surface area contributed by atoms with Gasteiger partial charge in [-0.1, -0.05) is 36.0 Å². The fourth-order valence-corrected chi connectivity index (χ4v) is 5.25. The molecule has 0 spiro atoms. The first kappa shape index (κ1) is 16.4. The summed E-state index contributed by atoms with van der Waals surface area (Å²) >= 11 is 4.64. The van der Waals surface area contributed by atoms with Crippen LogP contribution < -0.4 is 10.3 Å². The molecule has 4 rings (SSSR count). The standard InChI is InChI=1S/C18H14N2O2S3/c1-22-13-6-3-2-5-11(13)9-25-18-19-16(21)15-12(10-24-17(15)20-18)14-7-4-8-23-14/h2-8,10H,9H2,1H3,(H,19,20,21). The first-order valence-corrected chi connectivity index (χ1v) is 10.3. The smallest absolute Gasteiger partial charge is 0.260 e. The molecule has 0 saturated carbocycles. The van der Waals surface area contributed by atoms with Crippen molar-refractivity contribution in [3.63, 3.8) is 0 Å². The number of ether oxygens (including phenoxy) is 1. The van der Waals surface area contributed by atoms with Crippen LogP contribution in [0.1, 0.15) is 5.56 Å². The van der Waals surface area contributed by atoms with E-state index in [0.29, 0.717) is 16.3 Å². The molecule has 1 aromatic carbocycles. The fourth-order valence-electron chi connectivity index (χ4n) is 2.58. The first-order valence-electron chi connectivity index (χ1n) is 7.56. The Labute approximate surface area is 156 Å². The van der Waals surface area contributed by atoms with Crippen LogP contribution in [0, 0.1) is 0 Å². The van der Waals surface area contributed by atoms with Crippen LogP contribution in [0.4, 0.5) is 0 Å². The van der Waals surface area contributed by atoms with Gasteiger partial charge in [-0.25, -0.2) is 4.98 Å². The molecule has 3 heterocycles. The second-order valence-electron chi connectivity index (χ2n) is 5.28. The first-order chi connectivity index (χ1) is 12.3. The second-order valence-corrected chi connectivity index (χ2v) is 8.05. The number of nitrogens with one attached hydrogen (secondary N) is 1. The Morgan fingerprint density at radius 2 is 2.08 bits per heavy atom. The summed E-state index contributed by atoms with van der Waals surface area (Å²) in [6.45, 7) is 0. The lowest BCUT2D eigenvalue weighted by molar-refractivity contribution is 0.411. The van der Waals surface area contributed by atoms with Gasteiger partial charge in [0.25, 0.3) is 5.56 Å². The molecule has 0 aliphatic carbocycles. The summed E-state index contributed by atoms with van der Waals surface area (Å²) in [6.07, 6.45) is 0. The number of thioether (sulfide) groups is 1. The molecular formula is C18H14N2O2S3. The zero-order valence-corrected chi connectivity index (χ0v) is 15.8. The maximum atomic E-state index is 12.6. The van der Waals surface area contributed by atoms with E-state index in [1.807, 2.05) is 47.2 Å². The highest BCUT2D eigenvalue weighted by Crippen LogP contribution is 2.34. The Morgan fingerprint density at radius 1 is 1.20 bits per heavy atom. The number of methoxy groups -OCH3 is 1. The minimum Gasteiger partial charge on any atom is -0.496 e. The molecular weight excluding hydrogens is 372 g/mol. The van der Waals surface area contributed by atoms with Crippen LogP contribution in [0.3, 0.4) is 0 Å². The molecule has 0 bridgehead atoms. The van der Waals surface area contributed by atoms with Crippen LogP contribution in [-0.4, -0.2) is 17.1 Å². The van der Waals surface area contributed by atoms with Crippen molar-refractivity contribution in [1.29, 1.82) is 0 Å². The summed E-state index contributed by atoms with van der Waals surface area (Å²) < 4.78 is 5.37. The van der Waals surface area contributed by atoms with Gasteiger partial charge in [0.2, 0.25) is 0 Å². The Balaban J connectivity index is 1.65. The fraction of sp³-hybridized carbons (Fsp3) is 0.111. The minimum atomic E-state index is -0.0859. The lowest BCUT2D eigenvalue weighted by atomic mass is 10.2. The number of para-hydroxylation sites is 1. The van der Waals surface area contributed by atoms with Gasteiger partial charge >= 0.3 is 0 Å². The van der Waals surface area contributed by atoms with Gasteiger partial charge < -0.3 is 9.72 Å². The van der Waals surface area contributed by atoms with Crippen molar-refractivity contribution in [2.24, 2.45) is 0 Å². The molecule has 0 aliphatic rings. The average Bonchev–Trinajstić information content (AvgIpc) is 3.29. The molecule has 0 radical (unpaired) electrons. The molecule has 0 amide bonds. The zero-order chi connectivity index (χ0) is 17.2. The number of hydrogen-bond acceptors (Lipinski definition) is 6. The molecule has 3 aromatic heterocycles. The van der Waals surface area contributed by atoms with Gasteiger partial charge in [-0.15, -0.1) is 22.7 Å². The van der Waals surface area contributed by atoms with E-state index in [1.165, 1.54) is 23.1 Å². The SMILES string of the molecule is COc1ccccc1CSc1nc2scc(-c3cccs3)c2c(=O)[nH]1. The van der Waals surface area contributed by atoms with Crippen molar-refractivity contribution < 1.29 is 4.74 Å². The number of benzene rings is 1. The molecule has 0 unspecified atom stereocenters. The van der Waals surface area contributed by atoms with Crippen molar-refractivity contribution >= 4 is 44.7 Å². The van der Waals surface area contributed by atoms with E-state index >= 15 is 0 Å². The minimum absolute atomic E-state index is 0.0859. The van der Waals surface area contributed by atoms with Gasteiger partial charge in [0.1, 0.15) is 10.6 Å². The molecule has 0 saturated heterocycles. The molecule has 126 valence electrons. The molecule has 0 fully saturated rings. The Morgan fingerprint density at radius 3 is 2.88 bits per heavy atom. The maximum Gasteiger partial charge on any atom is 0.260 e. The molecule has 0 atom stereocenters. The van der Waals surface area contributed by atoms with Crippen LogP contribution in [0.15, 0.2) is 57.1 Å². The summed E-state index contributed by atoms with van der Waals surface area (Å²) in [6, 6.07) is 11.9. The molecule has 7 heteroatoms. The largest absolute Gasteiger partial charge is 0.496 e. The number of aromatic nitrogens is 2. The quantitative estimate of drug-likeness (QED) is 0.387. The normalized spacial score (nSPS) is 11.1. The zero-order valence-electron chi connectivity index (χ0n) is 13.3. The van der Waals surface area contributed by atoms with Gasteiger partial charge in [0.05, 0.1) is 12.5 Å². The number of fused-ring (bicyclic) bond motifs is 1. The van der Waals surface area contributed by atoms with Gasteiger partial charge in [0.15, 0.2) is 5.16 Å². The van der Waals surface area contributed by atoms with E-state index < -0.39 is 0 Å². The Hall–Kier alpha value is -2.09. The summed E-state index contributed by atoms with van der Waals surface area (Å²) in [5.74, 6) is 1.52. The van der Waals surface area contributed by atoms with E-state index in [9.17, 15) is 4.79 Å². The van der Waals surface area contributed by atoms with Gasteiger partial charge in [-0.3, -0.25) is 4.79 Å². The lowest BCUT2D eigenvalue weighted by Gasteiger charge is -2.07. The van der Waals surface area contributed by atoms with Crippen LogP contribution in [-0.2, 0) is 5.75 Å². The molecule has 25 heavy (non-hydrogen) atoms. The second kappa shape index (κ2) is 7.03. The van der Waals surface area contributed by atoms with E-state index in [1.54, 1.807) is 18.4 Å². The summed E-state index contributed by atoms with van der Waals surface area (Å²) in [7, 11) is 1.66. The van der Waals surface area contributed by atoms with Crippen LogP contribution in [0.2, 0.25) is 0 Å². The van der Waals surface area contributed by atoms with Crippen LogP contribution in [0.5, 0.6) is 5.75 Å². The topological polar surface area (TPSA) is 55.0 Å². The Bertz CT molecular complexity index is 1070. The van der Waals surface area contributed by atoms with Crippen LogP contribution >= 0.6 is 34.4 Å². The van der Waals surface area contributed by atoms with Crippen molar-refractivity contribution in [3.8, 4) is 16.2 Å². The highest BCUT2D eigenvalue weighted by Gasteiger charge is 2.14. The summed E-state index contributed by atoms with van der Waals surface area (Å²) in [5.41, 5.74) is 1.95. The maximum absolute atomic E-state index is 12.6. The van der Waals surface area contributed by atoms with Crippen molar-refractivity contribution in [2.45, 2.75) is 10.9 Å². The third kappa shape index (κ3) is 3.22. The van der Waals surface area contributed by atoms with E-state index in [0.717, 1.165) is 26.6 Å². The third-order valence-electron chi connectivity index (χ3n) is 3.77. The average molecular weight is 387 g/mol. The van der Waals surface area contributed by atoms with E-state index in [2.05, 4.69) is 9.97 Å². The van der Waals surface area contributed by atoms with Crippen molar-refractivity contribution in [2.75, 3.05) is 7.11 Å². The molecule has 1 N–H and O–H groups in total. The highest BCUT2D eigenvalue weighted by atomic mass is 32.2. The number of thiophene rings is 2.